The number of methoxy groups -OCH3 is 2. The highest BCUT2D eigenvalue weighted by atomic mass is 16.5. The molecule has 134 valence electrons. The number of nitriles is 1. The van der Waals surface area contributed by atoms with Gasteiger partial charge in [-0.15, -0.1) is 0 Å². The third-order valence-corrected chi connectivity index (χ3v) is 3.52. The van der Waals surface area contributed by atoms with Crippen LogP contribution in [0.25, 0.3) is 0 Å². The summed E-state index contributed by atoms with van der Waals surface area (Å²) in [6.45, 7) is 1.58. The molecule has 0 saturated carbocycles. The van der Waals surface area contributed by atoms with Crippen molar-refractivity contribution in [2.24, 2.45) is 0 Å². The highest BCUT2D eigenvalue weighted by Crippen LogP contribution is 2.29. The van der Waals surface area contributed by atoms with E-state index < -0.39 is 12.1 Å². The molecule has 1 atom stereocenters. The van der Waals surface area contributed by atoms with Gasteiger partial charge >= 0.3 is 5.97 Å². The SMILES string of the molecule is COC(=O)c1ccc(O[C@H](C)C(=O)Nc2cccc(C#N)c2)c(OC)c1. The summed E-state index contributed by atoms with van der Waals surface area (Å²) in [5, 5.41) is 11.6. The second kappa shape index (κ2) is 8.53. The maximum atomic E-state index is 12.3. The van der Waals surface area contributed by atoms with Crippen molar-refractivity contribution in [2.75, 3.05) is 19.5 Å². The predicted molar refractivity (Wildman–Crippen MR) is 94.2 cm³/mol. The lowest BCUT2D eigenvalue weighted by Gasteiger charge is -2.17. The number of hydrogen-bond acceptors (Lipinski definition) is 6. The smallest absolute Gasteiger partial charge is 0.337 e. The quantitative estimate of drug-likeness (QED) is 0.801. The Morgan fingerprint density at radius 1 is 1.12 bits per heavy atom. The van der Waals surface area contributed by atoms with Gasteiger partial charge in [0.05, 0.1) is 31.4 Å². The van der Waals surface area contributed by atoms with E-state index in [1.54, 1.807) is 31.2 Å². The van der Waals surface area contributed by atoms with E-state index in [1.807, 2.05) is 6.07 Å². The van der Waals surface area contributed by atoms with Crippen molar-refractivity contribution in [3.8, 4) is 17.6 Å². The molecule has 2 rings (SSSR count). The molecule has 0 unspecified atom stereocenters. The number of benzene rings is 2. The fourth-order valence-electron chi connectivity index (χ4n) is 2.16. The van der Waals surface area contributed by atoms with Gasteiger partial charge in [-0.25, -0.2) is 4.79 Å². The van der Waals surface area contributed by atoms with Gasteiger partial charge in [-0.3, -0.25) is 4.79 Å². The van der Waals surface area contributed by atoms with Crippen molar-refractivity contribution >= 4 is 17.6 Å². The molecule has 1 N–H and O–H groups in total. The summed E-state index contributed by atoms with van der Waals surface area (Å²) in [4.78, 5) is 23.9. The molecule has 0 aromatic heterocycles. The van der Waals surface area contributed by atoms with Gasteiger partial charge in [-0.2, -0.15) is 5.26 Å². The van der Waals surface area contributed by atoms with E-state index in [0.29, 0.717) is 28.3 Å². The molecule has 0 aliphatic rings. The van der Waals surface area contributed by atoms with Crippen LogP contribution in [0, 0.1) is 11.3 Å². The van der Waals surface area contributed by atoms with E-state index in [0.717, 1.165) is 0 Å². The summed E-state index contributed by atoms with van der Waals surface area (Å²) in [5.74, 6) is -0.273. The van der Waals surface area contributed by atoms with Crippen LogP contribution in [0.5, 0.6) is 11.5 Å². The number of carbonyl (C=O) groups is 2. The lowest BCUT2D eigenvalue weighted by atomic mass is 10.2. The van der Waals surface area contributed by atoms with Gasteiger partial charge in [0.1, 0.15) is 0 Å². The Bertz CT molecular complexity index is 857. The van der Waals surface area contributed by atoms with Crippen molar-refractivity contribution in [2.45, 2.75) is 13.0 Å². The summed E-state index contributed by atoms with van der Waals surface area (Å²) in [7, 11) is 2.72. The Morgan fingerprint density at radius 2 is 1.88 bits per heavy atom. The molecular weight excluding hydrogens is 336 g/mol. The van der Waals surface area contributed by atoms with Gasteiger partial charge in [0.2, 0.25) is 0 Å². The molecule has 2 aromatic rings. The van der Waals surface area contributed by atoms with Crippen LogP contribution in [-0.2, 0) is 9.53 Å². The average molecular weight is 354 g/mol. The van der Waals surface area contributed by atoms with Gasteiger partial charge in [-0.1, -0.05) is 6.07 Å². The number of ether oxygens (including phenoxy) is 3. The number of rotatable bonds is 6. The molecule has 0 heterocycles. The van der Waals surface area contributed by atoms with Gasteiger partial charge in [-0.05, 0) is 43.3 Å². The zero-order valence-electron chi connectivity index (χ0n) is 14.6. The first-order valence-corrected chi connectivity index (χ1v) is 7.72. The molecule has 7 heteroatoms. The Hall–Kier alpha value is -3.53. The van der Waals surface area contributed by atoms with Crippen LogP contribution >= 0.6 is 0 Å². The normalized spacial score (nSPS) is 11.0. The van der Waals surface area contributed by atoms with E-state index >= 15 is 0 Å². The number of carbonyl (C=O) groups excluding carboxylic acids is 2. The second-order valence-corrected chi connectivity index (χ2v) is 5.30. The van der Waals surface area contributed by atoms with Crippen molar-refractivity contribution in [1.82, 2.24) is 0 Å². The minimum atomic E-state index is -0.835. The van der Waals surface area contributed by atoms with Crippen LogP contribution in [0.3, 0.4) is 0 Å². The topological polar surface area (TPSA) is 97.6 Å². The number of anilines is 1. The molecule has 0 aliphatic heterocycles. The molecule has 0 bridgehead atoms. The number of esters is 1. The Kier molecular flexibility index (Phi) is 6.17. The fraction of sp³-hybridized carbons (Fsp3) is 0.211. The maximum Gasteiger partial charge on any atom is 0.337 e. The number of amides is 1. The highest BCUT2D eigenvalue weighted by molar-refractivity contribution is 5.94. The molecule has 0 spiro atoms. The molecular formula is C19H18N2O5. The van der Waals surface area contributed by atoms with Crippen LogP contribution in [-0.4, -0.2) is 32.2 Å². The van der Waals surface area contributed by atoms with Crippen molar-refractivity contribution in [3.05, 3.63) is 53.6 Å². The lowest BCUT2D eigenvalue weighted by Crippen LogP contribution is -2.30. The first kappa shape index (κ1) is 18.8. The summed E-state index contributed by atoms with van der Waals surface area (Å²) in [6, 6.07) is 13.1. The van der Waals surface area contributed by atoms with Crippen LogP contribution in [0.2, 0.25) is 0 Å². The van der Waals surface area contributed by atoms with Crippen molar-refractivity contribution in [1.29, 1.82) is 5.26 Å². The standard InChI is InChI=1S/C19H18N2O5/c1-12(18(22)21-15-6-4-5-13(9-15)11-20)26-16-8-7-14(19(23)25-3)10-17(16)24-2/h4-10,12H,1-3H3,(H,21,22)/t12-/m1/s1. The minimum Gasteiger partial charge on any atom is -0.493 e. The molecule has 0 saturated heterocycles. The van der Waals surface area contributed by atoms with Crippen molar-refractivity contribution < 1.29 is 23.8 Å². The Labute approximate surface area is 151 Å². The van der Waals surface area contributed by atoms with Crippen molar-refractivity contribution in [3.63, 3.8) is 0 Å². The molecule has 26 heavy (non-hydrogen) atoms. The van der Waals surface area contributed by atoms with Crippen LogP contribution in [0.1, 0.15) is 22.8 Å². The van der Waals surface area contributed by atoms with Gasteiger partial charge in [0.25, 0.3) is 5.91 Å². The Morgan fingerprint density at radius 3 is 2.54 bits per heavy atom. The van der Waals surface area contributed by atoms with Gasteiger partial charge in [0, 0.05) is 5.69 Å². The fourth-order valence-corrected chi connectivity index (χ4v) is 2.16. The maximum absolute atomic E-state index is 12.3. The highest BCUT2D eigenvalue weighted by Gasteiger charge is 2.18. The molecule has 7 nitrogen and oxygen atoms in total. The van der Waals surface area contributed by atoms with E-state index in [-0.39, 0.29) is 5.91 Å². The van der Waals surface area contributed by atoms with Crippen LogP contribution in [0.4, 0.5) is 5.69 Å². The Balaban J connectivity index is 2.10. The van der Waals surface area contributed by atoms with E-state index in [1.165, 1.54) is 32.4 Å². The minimum absolute atomic E-state index is 0.305. The number of hydrogen-bond donors (Lipinski definition) is 1. The van der Waals surface area contributed by atoms with Gasteiger partial charge < -0.3 is 19.5 Å². The largest absolute Gasteiger partial charge is 0.493 e. The van der Waals surface area contributed by atoms with Gasteiger partial charge in [0.15, 0.2) is 17.6 Å². The summed E-state index contributed by atoms with van der Waals surface area (Å²) in [5.41, 5.74) is 1.25. The first-order valence-electron chi connectivity index (χ1n) is 7.72. The lowest BCUT2D eigenvalue weighted by molar-refractivity contribution is -0.122. The average Bonchev–Trinajstić information content (AvgIpc) is 2.67. The van der Waals surface area contributed by atoms with E-state index in [2.05, 4.69) is 10.1 Å². The zero-order valence-corrected chi connectivity index (χ0v) is 14.6. The first-order chi connectivity index (χ1) is 12.5. The predicted octanol–water partition coefficient (Wildman–Crippen LogP) is 2.76. The number of nitrogens with one attached hydrogen (secondary N) is 1. The number of nitrogens with zero attached hydrogens (tertiary/aromatic N) is 1. The molecule has 0 aliphatic carbocycles. The molecule has 0 radical (unpaired) electrons. The van der Waals surface area contributed by atoms with Crippen LogP contribution in [0.15, 0.2) is 42.5 Å². The van der Waals surface area contributed by atoms with E-state index in [9.17, 15) is 9.59 Å². The zero-order chi connectivity index (χ0) is 19.1. The third-order valence-electron chi connectivity index (χ3n) is 3.52. The summed E-state index contributed by atoms with van der Waals surface area (Å²) >= 11 is 0. The summed E-state index contributed by atoms with van der Waals surface area (Å²) < 4.78 is 15.5. The molecule has 2 aromatic carbocycles. The van der Waals surface area contributed by atoms with Crippen LogP contribution < -0.4 is 14.8 Å². The third kappa shape index (κ3) is 4.51. The monoisotopic (exact) mass is 354 g/mol. The molecule has 0 fully saturated rings. The van der Waals surface area contributed by atoms with E-state index in [4.69, 9.17) is 14.7 Å². The second-order valence-electron chi connectivity index (χ2n) is 5.30. The molecule has 1 amide bonds. The summed E-state index contributed by atoms with van der Waals surface area (Å²) in [6.07, 6.45) is -0.835.